The van der Waals surface area contributed by atoms with Gasteiger partial charge in [-0.05, 0) is 37.8 Å². The van der Waals surface area contributed by atoms with Gasteiger partial charge in [-0.1, -0.05) is 19.9 Å². The average Bonchev–Trinajstić information content (AvgIpc) is 2.60. The minimum absolute atomic E-state index is 0. The molecule has 152 valence electrons. The zero-order valence-corrected chi connectivity index (χ0v) is 18.1. The summed E-state index contributed by atoms with van der Waals surface area (Å²) in [6.07, 6.45) is 5.41. The van der Waals surface area contributed by atoms with Crippen molar-refractivity contribution in [3.05, 3.63) is 30.1 Å². The number of hydrogen-bond donors (Lipinski definition) is 2. The van der Waals surface area contributed by atoms with Crippen LogP contribution in [0.2, 0.25) is 0 Å². The predicted octanol–water partition coefficient (Wildman–Crippen LogP) is 3.19. The van der Waals surface area contributed by atoms with Crippen LogP contribution in [0, 0.1) is 5.41 Å². The van der Waals surface area contributed by atoms with E-state index in [1.165, 1.54) is 0 Å². The summed E-state index contributed by atoms with van der Waals surface area (Å²) in [6, 6.07) is 6.30. The number of amides is 1. The Balaban J connectivity index is 0. The molecule has 1 saturated heterocycles. The first-order chi connectivity index (χ1) is 11.1. The Hall–Kier alpha value is -0.590. The minimum atomic E-state index is -0.398. The van der Waals surface area contributed by atoms with E-state index in [4.69, 9.17) is 5.73 Å². The molecular weight excluding hydrogens is 395 g/mol. The van der Waals surface area contributed by atoms with E-state index in [0.29, 0.717) is 6.54 Å². The lowest BCUT2D eigenvalue weighted by atomic mass is 9.81. The number of carbonyl (C=O) groups excluding carboxylic acids is 1. The molecule has 0 atom stereocenters. The zero-order valence-electron chi connectivity index (χ0n) is 15.6. The van der Waals surface area contributed by atoms with Crippen molar-refractivity contribution in [1.29, 1.82) is 0 Å². The predicted molar refractivity (Wildman–Crippen MR) is 114 cm³/mol. The lowest BCUT2D eigenvalue weighted by molar-refractivity contribution is -0.132. The lowest BCUT2D eigenvalue weighted by Gasteiger charge is -2.35. The highest BCUT2D eigenvalue weighted by molar-refractivity contribution is 5.86. The van der Waals surface area contributed by atoms with Crippen LogP contribution in [0.5, 0.6) is 0 Å². The van der Waals surface area contributed by atoms with E-state index in [9.17, 15) is 4.79 Å². The van der Waals surface area contributed by atoms with Crippen LogP contribution in [0.25, 0.3) is 0 Å². The number of piperidine rings is 1. The van der Waals surface area contributed by atoms with Crippen molar-refractivity contribution in [2.75, 3.05) is 19.6 Å². The van der Waals surface area contributed by atoms with Crippen molar-refractivity contribution in [3.63, 3.8) is 0 Å². The second-order valence-corrected chi connectivity index (χ2v) is 6.54. The van der Waals surface area contributed by atoms with E-state index >= 15 is 0 Å². The van der Waals surface area contributed by atoms with Crippen LogP contribution in [0.15, 0.2) is 24.4 Å². The molecule has 1 aliphatic rings. The van der Waals surface area contributed by atoms with Gasteiger partial charge in [-0.2, -0.15) is 0 Å². The number of carbonyl (C=O) groups is 1. The molecule has 1 fully saturated rings. The normalized spacial score (nSPS) is 15.2. The Kier molecular flexibility index (Phi) is 14.4. The fourth-order valence-electron chi connectivity index (χ4n) is 3.25. The maximum absolute atomic E-state index is 12.6. The van der Waals surface area contributed by atoms with Crippen LogP contribution in [0.1, 0.15) is 45.2 Å². The summed E-state index contributed by atoms with van der Waals surface area (Å²) in [6.45, 7) is 7.39. The zero-order chi connectivity index (χ0) is 16.7. The number of rotatable bonds is 7. The molecule has 0 saturated carbocycles. The number of likely N-dealkylation sites (tertiary alicyclic amines) is 1. The Labute approximate surface area is 176 Å². The topological polar surface area (TPSA) is 71.2 Å². The van der Waals surface area contributed by atoms with Crippen molar-refractivity contribution in [3.8, 4) is 0 Å². The molecule has 3 N–H and O–H groups in total. The fourth-order valence-corrected chi connectivity index (χ4v) is 3.25. The fraction of sp³-hybridized carbons (Fsp3) is 0.667. The molecule has 0 spiro atoms. The van der Waals surface area contributed by atoms with E-state index in [0.717, 1.165) is 51.0 Å². The van der Waals surface area contributed by atoms with E-state index < -0.39 is 5.41 Å². The van der Waals surface area contributed by atoms with E-state index in [1.807, 2.05) is 32.2 Å². The van der Waals surface area contributed by atoms with Crippen molar-refractivity contribution >= 4 is 43.1 Å². The highest BCUT2D eigenvalue weighted by atomic mass is 35.5. The Morgan fingerprint density at radius 2 is 1.85 bits per heavy atom. The molecule has 26 heavy (non-hydrogen) atoms. The lowest BCUT2D eigenvalue weighted by Crippen LogP contribution is -2.51. The number of nitrogens with two attached hydrogens (primary N) is 1. The standard InChI is InChI=1S/C18H30N4O.3ClH/c1-3-18(4-2,14-19)17(23)21-15-8-11-22(12-9-15)13-16-7-5-6-10-20-16;;;/h5-7,10,15H,3-4,8-9,11-14,19H2,1-2H3,(H,21,23);3*1H. The third kappa shape index (κ3) is 7.20. The second-order valence-electron chi connectivity index (χ2n) is 6.54. The molecule has 5 nitrogen and oxygen atoms in total. The van der Waals surface area contributed by atoms with E-state index in [1.54, 1.807) is 0 Å². The van der Waals surface area contributed by atoms with Gasteiger partial charge in [0.05, 0.1) is 11.1 Å². The van der Waals surface area contributed by atoms with Crippen molar-refractivity contribution in [1.82, 2.24) is 15.2 Å². The van der Waals surface area contributed by atoms with Gasteiger partial charge in [0, 0.05) is 38.4 Å². The van der Waals surface area contributed by atoms with Crippen LogP contribution in [-0.2, 0) is 11.3 Å². The summed E-state index contributed by atoms with van der Waals surface area (Å²) < 4.78 is 0. The number of nitrogens with zero attached hydrogens (tertiary/aromatic N) is 2. The van der Waals surface area contributed by atoms with Gasteiger partial charge in [0.2, 0.25) is 5.91 Å². The number of nitrogens with one attached hydrogen (secondary N) is 1. The summed E-state index contributed by atoms with van der Waals surface area (Å²) in [5.74, 6) is 0.133. The molecule has 1 aliphatic heterocycles. The van der Waals surface area contributed by atoms with Crippen LogP contribution >= 0.6 is 37.2 Å². The molecule has 2 heterocycles. The van der Waals surface area contributed by atoms with Crippen LogP contribution in [-0.4, -0.2) is 41.5 Å². The molecule has 0 radical (unpaired) electrons. The minimum Gasteiger partial charge on any atom is -0.353 e. The molecule has 0 aliphatic carbocycles. The molecule has 0 unspecified atom stereocenters. The van der Waals surface area contributed by atoms with Gasteiger partial charge < -0.3 is 11.1 Å². The summed E-state index contributed by atoms with van der Waals surface area (Å²) in [5.41, 5.74) is 6.57. The van der Waals surface area contributed by atoms with Crippen molar-refractivity contribution < 1.29 is 4.79 Å². The first-order valence-corrected chi connectivity index (χ1v) is 8.77. The first kappa shape index (κ1) is 27.6. The molecule has 0 bridgehead atoms. The van der Waals surface area contributed by atoms with Gasteiger partial charge in [-0.15, -0.1) is 37.2 Å². The molecular formula is C18H33Cl3N4O. The quantitative estimate of drug-likeness (QED) is 0.701. The first-order valence-electron chi connectivity index (χ1n) is 8.77. The van der Waals surface area contributed by atoms with Crippen molar-refractivity contribution in [2.45, 2.75) is 52.1 Å². The number of pyridine rings is 1. The van der Waals surface area contributed by atoms with Gasteiger partial charge in [0.15, 0.2) is 0 Å². The van der Waals surface area contributed by atoms with Gasteiger partial charge >= 0.3 is 0 Å². The van der Waals surface area contributed by atoms with Gasteiger partial charge in [0.25, 0.3) is 0 Å². The van der Waals surface area contributed by atoms with E-state index in [-0.39, 0.29) is 49.2 Å². The maximum atomic E-state index is 12.6. The Morgan fingerprint density at radius 3 is 2.31 bits per heavy atom. The smallest absolute Gasteiger partial charge is 0.227 e. The highest BCUT2D eigenvalue weighted by Gasteiger charge is 2.35. The Bertz CT molecular complexity index is 484. The number of halogens is 3. The van der Waals surface area contributed by atoms with E-state index in [2.05, 4.69) is 21.3 Å². The number of aromatic nitrogens is 1. The largest absolute Gasteiger partial charge is 0.353 e. The van der Waals surface area contributed by atoms with Crippen LogP contribution in [0.3, 0.4) is 0 Å². The summed E-state index contributed by atoms with van der Waals surface area (Å²) in [5, 5.41) is 3.24. The molecule has 1 aromatic heterocycles. The molecule has 1 amide bonds. The van der Waals surface area contributed by atoms with Gasteiger partial charge in [0.1, 0.15) is 0 Å². The molecule has 0 aromatic carbocycles. The summed E-state index contributed by atoms with van der Waals surface area (Å²) in [7, 11) is 0. The second kappa shape index (κ2) is 13.6. The molecule has 2 rings (SSSR count). The van der Waals surface area contributed by atoms with Crippen LogP contribution in [0.4, 0.5) is 0 Å². The van der Waals surface area contributed by atoms with Gasteiger partial charge in [-0.3, -0.25) is 14.7 Å². The Morgan fingerprint density at radius 1 is 1.23 bits per heavy atom. The average molecular weight is 428 g/mol. The molecule has 8 heteroatoms. The van der Waals surface area contributed by atoms with Crippen molar-refractivity contribution in [2.24, 2.45) is 11.1 Å². The monoisotopic (exact) mass is 426 g/mol. The SMILES string of the molecule is CCC(CC)(CN)C(=O)NC1CCN(Cc2ccccn2)CC1.Cl.Cl.Cl. The summed E-state index contributed by atoms with van der Waals surface area (Å²) in [4.78, 5) is 19.4. The third-order valence-electron chi connectivity index (χ3n) is 5.26. The number of hydrogen-bond acceptors (Lipinski definition) is 4. The summed E-state index contributed by atoms with van der Waals surface area (Å²) >= 11 is 0. The molecule has 1 aromatic rings. The maximum Gasteiger partial charge on any atom is 0.227 e. The van der Waals surface area contributed by atoms with Gasteiger partial charge in [-0.25, -0.2) is 0 Å². The highest BCUT2D eigenvalue weighted by Crippen LogP contribution is 2.26. The third-order valence-corrected chi connectivity index (χ3v) is 5.26. The van der Waals surface area contributed by atoms with Crippen LogP contribution < -0.4 is 11.1 Å².